The molecule has 6 nitrogen and oxygen atoms in total. The number of amides is 1. The monoisotopic (exact) mass is 416 g/mol. The number of benzene rings is 1. The van der Waals surface area contributed by atoms with Gasteiger partial charge in [0.25, 0.3) is 0 Å². The number of carbonyl (C=O) groups is 1. The quantitative estimate of drug-likeness (QED) is 0.604. The highest BCUT2D eigenvalue weighted by Gasteiger charge is 2.51. The van der Waals surface area contributed by atoms with E-state index in [4.69, 9.17) is 4.98 Å². The van der Waals surface area contributed by atoms with E-state index in [1.54, 1.807) is 6.20 Å². The number of hydrogen-bond donors (Lipinski definition) is 2. The molecule has 0 saturated carbocycles. The van der Waals surface area contributed by atoms with Crippen molar-refractivity contribution in [2.24, 2.45) is 0 Å². The zero-order valence-electron chi connectivity index (χ0n) is 17.7. The van der Waals surface area contributed by atoms with Crippen LogP contribution in [0, 0.1) is 0 Å². The predicted octanol–water partition coefficient (Wildman–Crippen LogP) is 3.11. The number of nitrogens with zero attached hydrogens (tertiary/aromatic N) is 3. The van der Waals surface area contributed by atoms with E-state index in [0.717, 1.165) is 67.5 Å². The van der Waals surface area contributed by atoms with E-state index in [2.05, 4.69) is 22.4 Å². The Kier molecular flexibility index (Phi) is 5.42. The number of unbranched alkanes of at least 4 members (excludes halogenated alkanes) is 1. The zero-order valence-corrected chi connectivity index (χ0v) is 17.7. The lowest BCUT2D eigenvalue weighted by Crippen LogP contribution is -2.47. The number of nitrogens with one attached hydrogen (secondary N) is 1. The molecule has 0 bridgehead atoms. The average Bonchev–Trinajstić information content (AvgIpc) is 3.03. The lowest BCUT2D eigenvalue weighted by atomic mass is 9.74. The Balaban J connectivity index is 1.55. The van der Waals surface area contributed by atoms with Gasteiger partial charge in [0, 0.05) is 24.4 Å². The number of aryl methyl sites for hydroxylation is 1. The van der Waals surface area contributed by atoms with Crippen molar-refractivity contribution < 1.29 is 9.90 Å². The lowest BCUT2D eigenvalue weighted by Gasteiger charge is -2.33. The van der Waals surface area contributed by atoms with Crippen molar-refractivity contribution in [2.45, 2.75) is 44.1 Å². The minimum Gasteiger partial charge on any atom is -0.396 e. The summed E-state index contributed by atoms with van der Waals surface area (Å²) in [6.45, 7) is 2.34. The van der Waals surface area contributed by atoms with Gasteiger partial charge < -0.3 is 15.3 Å². The molecule has 4 heterocycles. The Bertz CT molecular complexity index is 1110. The van der Waals surface area contributed by atoms with Crippen LogP contribution in [0.25, 0.3) is 10.8 Å². The topological polar surface area (TPSA) is 78.4 Å². The summed E-state index contributed by atoms with van der Waals surface area (Å²) in [5.74, 6) is 0.174. The van der Waals surface area contributed by atoms with E-state index in [9.17, 15) is 9.90 Å². The largest absolute Gasteiger partial charge is 0.396 e. The Morgan fingerprint density at radius 1 is 1.10 bits per heavy atom. The molecule has 2 aromatic heterocycles. The van der Waals surface area contributed by atoms with E-state index < -0.39 is 5.41 Å². The van der Waals surface area contributed by atoms with Crippen LogP contribution in [-0.4, -0.2) is 40.7 Å². The van der Waals surface area contributed by atoms with Crippen molar-refractivity contribution in [1.82, 2.24) is 15.3 Å². The zero-order chi connectivity index (χ0) is 21.3. The number of hydrogen-bond acceptors (Lipinski definition) is 5. The number of piperidine rings is 1. The molecular weight excluding hydrogens is 388 g/mol. The number of aliphatic hydroxyl groups excluding tert-OH is 1. The summed E-state index contributed by atoms with van der Waals surface area (Å²) in [6, 6.07) is 10.3. The fourth-order valence-electron chi connectivity index (χ4n) is 5.23. The summed E-state index contributed by atoms with van der Waals surface area (Å²) >= 11 is 0. The maximum Gasteiger partial charge on any atom is 0.238 e. The van der Waals surface area contributed by atoms with Crippen molar-refractivity contribution in [3.63, 3.8) is 0 Å². The van der Waals surface area contributed by atoms with Crippen LogP contribution in [0.5, 0.6) is 0 Å². The molecule has 0 unspecified atom stereocenters. The van der Waals surface area contributed by atoms with Crippen molar-refractivity contribution in [1.29, 1.82) is 0 Å². The van der Waals surface area contributed by atoms with E-state index in [1.165, 1.54) is 10.9 Å². The molecule has 6 heteroatoms. The molecule has 2 aliphatic heterocycles. The van der Waals surface area contributed by atoms with E-state index in [1.807, 2.05) is 35.5 Å². The number of fused-ring (bicyclic) bond motifs is 3. The molecule has 5 rings (SSSR count). The number of pyridine rings is 2. The first-order valence-corrected chi connectivity index (χ1v) is 11.2. The third kappa shape index (κ3) is 3.40. The lowest BCUT2D eigenvalue weighted by molar-refractivity contribution is -0.124. The van der Waals surface area contributed by atoms with Gasteiger partial charge in [-0.05, 0) is 67.8 Å². The van der Waals surface area contributed by atoms with Gasteiger partial charge in [-0.25, -0.2) is 0 Å². The van der Waals surface area contributed by atoms with Crippen LogP contribution in [-0.2, 0) is 23.2 Å². The van der Waals surface area contributed by atoms with Crippen LogP contribution in [0.2, 0.25) is 0 Å². The number of anilines is 1. The average molecular weight is 417 g/mol. The third-order valence-electron chi connectivity index (χ3n) is 6.85. The number of aromatic nitrogens is 2. The van der Waals surface area contributed by atoms with E-state index >= 15 is 0 Å². The van der Waals surface area contributed by atoms with Gasteiger partial charge in [-0.2, -0.15) is 0 Å². The highest BCUT2D eigenvalue weighted by atomic mass is 16.2. The molecule has 1 amide bonds. The SMILES string of the molecule is O=C1N(Cc2ncc3ccccc3c2CCCCO)c2cnccc2C12CCNCC2. The molecule has 3 aromatic rings. The molecule has 1 aromatic carbocycles. The summed E-state index contributed by atoms with van der Waals surface area (Å²) in [4.78, 5) is 24.8. The first kappa shape index (κ1) is 20.1. The first-order valence-electron chi connectivity index (χ1n) is 11.2. The van der Waals surface area contributed by atoms with Crippen LogP contribution in [0.15, 0.2) is 48.9 Å². The highest BCUT2D eigenvalue weighted by molar-refractivity contribution is 6.08. The molecule has 160 valence electrons. The Labute approximate surface area is 182 Å². The second kappa shape index (κ2) is 8.36. The van der Waals surface area contributed by atoms with Crippen molar-refractivity contribution in [3.05, 3.63) is 65.7 Å². The molecule has 0 radical (unpaired) electrons. The van der Waals surface area contributed by atoms with Crippen molar-refractivity contribution in [2.75, 3.05) is 24.6 Å². The fraction of sp³-hybridized carbons (Fsp3) is 0.400. The number of carbonyl (C=O) groups excluding carboxylic acids is 1. The third-order valence-corrected chi connectivity index (χ3v) is 6.85. The molecule has 1 fully saturated rings. The molecule has 1 spiro atoms. The van der Waals surface area contributed by atoms with Gasteiger partial charge in [0.2, 0.25) is 5.91 Å². The van der Waals surface area contributed by atoms with E-state index in [-0.39, 0.29) is 12.5 Å². The summed E-state index contributed by atoms with van der Waals surface area (Å²) < 4.78 is 0. The summed E-state index contributed by atoms with van der Waals surface area (Å²) in [5.41, 5.74) is 3.70. The molecule has 31 heavy (non-hydrogen) atoms. The Morgan fingerprint density at radius 3 is 2.77 bits per heavy atom. The minimum atomic E-state index is -0.447. The van der Waals surface area contributed by atoms with Crippen molar-refractivity contribution in [3.8, 4) is 0 Å². The molecule has 0 aliphatic carbocycles. The maximum atomic E-state index is 13.8. The summed E-state index contributed by atoms with van der Waals surface area (Å²) in [7, 11) is 0. The smallest absolute Gasteiger partial charge is 0.238 e. The molecule has 2 N–H and O–H groups in total. The second-order valence-corrected chi connectivity index (χ2v) is 8.57. The van der Waals surface area contributed by atoms with Gasteiger partial charge in [0.1, 0.15) is 0 Å². The van der Waals surface area contributed by atoms with Crippen LogP contribution in [0.4, 0.5) is 5.69 Å². The summed E-state index contributed by atoms with van der Waals surface area (Å²) in [6.07, 6.45) is 9.65. The van der Waals surface area contributed by atoms with Gasteiger partial charge in [-0.3, -0.25) is 14.8 Å². The molecule has 1 saturated heterocycles. The van der Waals surface area contributed by atoms with Gasteiger partial charge in [-0.15, -0.1) is 0 Å². The van der Waals surface area contributed by atoms with Gasteiger partial charge in [0.15, 0.2) is 0 Å². The highest BCUT2D eigenvalue weighted by Crippen LogP contribution is 2.47. The van der Waals surface area contributed by atoms with Crippen molar-refractivity contribution >= 4 is 22.4 Å². The molecular formula is C25H28N4O2. The molecule has 0 atom stereocenters. The summed E-state index contributed by atoms with van der Waals surface area (Å²) in [5, 5.41) is 14.9. The van der Waals surface area contributed by atoms with Crippen LogP contribution < -0.4 is 10.2 Å². The maximum absolute atomic E-state index is 13.8. The van der Waals surface area contributed by atoms with Crippen LogP contribution in [0.1, 0.15) is 42.5 Å². The number of rotatable bonds is 6. The minimum absolute atomic E-state index is 0.174. The Morgan fingerprint density at radius 2 is 1.94 bits per heavy atom. The van der Waals surface area contributed by atoms with E-state index in [0.29, 0.717) is 6.54 Å². The first-order chi connectivity index (χ1) is 15.2. The van der Waals surface area contributed by atoms with Gasteiger partial charge in [0.05, 0.1) is 29.5 Å². The standard InChI is InChI=1S/C25H28N4O2/c30-14-4-3-7-20-19-6-2-1-5-18(19)15-28-22(20)17-29-23-16-27-11-8-21(23)25(24(29)31)9-12-26-13-10-25/h1-2,5-6,8,11,15-16,26,30H,3-4,7,9-10,12-14,17H2. The second-order valence-electron chi connectivity index (χ2n) is 8.57. The van der Waals surface area contributed by atoms with Gasteiger partial charge >= 0.3 is 0 Å². The predicted molar refractivity (Wildman–Crippen MR) is 121 cm³/mol. The van der Waals surface area contributed by atoms with Crippen LogP contribution in [0.3, 0.4) is 0 Å². The Hall–Kier alpha value is -2.83. The van der Waals surface area contributed by atoms with Crippen LogP contribution >= 0.6 is 0 Å². The normalized spacial score (nSPS) is 17.5. The molecule has 2 aliphatic rings. The van der Waals surface area contributed by atoms with Gasteiger partial charge in [-0.1, -0.05) is 24.3 Å². The number of aliphatic hydroxyl groups is 1. The fourth-order valence-corrected chi connectivity index (χ4v) is 5.23.